The highest BCUT2D eigenvalue weighted by Gasteiger charge is 2.44. The normalized spacial score (nSPS) is 27.4. The molecule has 0 bridgehead atoms. The van der Waals surface area contributed by atoms with Crippen molar-refractivity contribution in [2.24, 2.45) is 11.3 Å². The van der Waals surface area contributed by atoms with Gasteiger partial charge in [0.25, 0.3) is 0 Å². The third kappa shape index (κ3) is 3.70. The average molecular weight is 231 g/mol. The number of nitrogens with zero attached hydrogens (tertiary/aromatic N) is 1. The number of ether oxygens (including phenoxy) is 1. The predicted molar refractivity (Wildman–Crippen MR) is 65.4 cm³/mol. The maximum Gasteiger partial charge on any atom is 0.0935 e. The molecule has 0 aromatic rings. The van der Waals surface area contributed by atoms with Crippen molar-refractivity contribution in [3.05, 3.63) is 0 Å². The Morgan fingerprint density at radius 1 is 1.38 bits per heavy atom. The molecule has 1 atom stereocenters. The van der Waals surface area contributed by atoms with Crippen LogP contribution in [-0.2, 0) is 4.74 Å². The van der Waals surface area contributed by atoms with Gasteiger partial charge < -0.3 is 9.64 Å². The lowest BCUT2D eigenvalue weighted by Crippen LogP contribution is -2.31. The van der Waals surface area contributed by atoms with Crippen LogP contribution in [0.5, 0.6) is 0 Å². The first-order valence-electron chi connectivity index (χ1n) is 6.55. The Morgan fingerprint density at radius 3 is 2.50 bits per heavy atom. The molecule has 0 amide bonds. The van der Waals surface area contributed by atoms with Crippen LogP contribution in [0.2, 0.25) is 0 Å². The zero-order valence-electron chi connectivity index (χ0n) is 11.0. The second kappa shape index (κ2) is 6.55. The molecule has 1 aliphatic carbocycles. The first-order valence-corrected chi connectivity index (χ1v) is 6.55. The van der Waals surface area contributed by atoms with Gasteiger partial charge in [-0.15, -0.1) is 0 Å². The van der Waals surface area contributed by atoms with Crippen LogP contribution in [0.3, 0.4) is 0 Å². The molecule has 0 aromatic heterocycles. The molecule has 0 radical (unpaired) electrons. The summed E-state index contributed by atoms with van der Waals surface area (Å²) < 4.78 is 17.6. The van der Waals surface area contributed by atoms with Crippen molar-refractivity contribution in [1.82, 2.24) is 4.90 Å². The summed E-state index contributed by atoms with van der Waals surface area (Å²) in [5, 5.41) is 0. The fourth-order valence-electron chi connectivity index (χ4n) is 2.49. The fourth-order valence-corrected chi connectivity index (χ4v) is 2.49. The number of likely N-dealkylation sites (tertiary alicyclic amines) is 1. The van der Waals surface area contributed by atoms with E-state index in [1.807, 2.05) is 13.8 Å². The molecule has 1 heterocycles. The second-order valence-electron chi connectivity index (χ2n) is 4.98. The molecule has 1 unspecified atom stereocenters. The standard InChI is InChI=1S/C11H20FNO.C2H6/c1-14-9-11(3-4-11)8-13-5-2-10(6-12)7-13;1-2/h10H,2-9H2,1H3;1-2H3. The third-order valence-electron chi connectivity index (χ3n) is 3.55. The van der Waals surface area contributed by atoms with Crippen LogP contribution in [0.1, 0.15) is 33.1 Å². The Kier molecular flexibility index (Phi) is 5.70. The Bertz CT molecular complexity index is 194. The number of halogens is 1. The fraction of sp³-hybridized carbons (Fsp3) is 1.00. The van der Waals surface area contributed by atoms with Gasteiger partial charge >= 0.3 is 0 Å². The smallest absolute Gasteiger partial charge is 0.0935 e. The minimum Gasteiger partial charge on any atom is -0.384 e. The minimum absolute atomic E-state index is 0.145. The molecular formula is C13H26FNO. The summed E-state index contributed by atoms with van der Waals surface area (Å²) >= 11 is 0. The van der Waals surface area contributed by atoms with E-state index in [0.29, 0.717) is 11.3 Å². The van der Waals surface area contributed by atoms with E-state index < -0.39 is 0 Å². The Hall–Kier alpha value is -0.150. The summed E-state index contributed by atoms with van der Waals surface area (Å²) in [7, 11) is 1.77. The summed E-state index contributed by atoms with van der Waals surface area (Å²) in [5.41, 5.74) is 0.431. The van der Waals surface area contributed by atoms with Gasteiger partial charge in [-0.3, -0.25) is 4.39 Å². The summed E-state index contributed by atoms with van der Waals surface area (Å²) in [5.74, 6) is 0.299. The third-order valence-corrected chi connectivity index (χ3v) is 3.55. The molecular weight excluding hydrogens is 205 g/mol. The number of hydrogen-bond acceptors (Lipinski definition) is 2. The van der Waals surface area contributed by atoms with Gasteiger partial charge in [-0.05, 0) is 25.8 Å². The lowest BCUT2D eigenvalue weighted by atomic mass is 10.1. The number of hydrogen-bond donors (Lipinski definition) is 0. The molecule has 3 heteroatoms. The largest absolute Gasteiger partial charge is 0.384 e. The van der Waals surface area contributed by atoms with Crippen LogP contribution in [0.4, 0.5) is 4.39 Å². The van der Waals surface area contributed by atoms with E-state index in [1.54, 1.807) is 7.11 Å². The topological polar surface area (TPSA) is 12.5 Å². The predicted octanol–water partition coefficient (Wildman–Crippen LogP) is 2.73. The quantitative estimate of drug-likeness (QED) is 0.721. The van der Waals surface area contributed by atoms with E-state index >= 15 is 0 Å². The van der Waals surface area contributed by atoms with Gasteiger partial charge in [0.1, 0.15) is 0 Å². The second-order valence-corrected chi connectivity index (χ2v) is 4.98. The summed E-state index contributed by atoms with van der Waals surface area (Å²) in [6.45, 7) is 7.90. The molecule has 0 spiro atoms. The highest BCUT2D eigenvalue weighted by molar-refractivity contribution is 4.96. The van der Waals surface area contributed by atoms with Gasteiger partial charge in [-0.25, -0.2) is 0 Å². The van der Waals surface area contributed by atoms with Crippen LogP contribution in [0.25, 0.3) is 0 Å². The van der Waals surface area contributed by atoms with Crippen LogP contribution in [0.15, 0.2) is 0 Å². The molecule has 2 fully saturated rings. The number of methoxy groups -OCH3 is 1. The molecule has 1 saturated carbocycles. The maximum absolute atomic E-state index is 12.4. The van der Waals surface area contributed by atoms with Crippen LogP contribution in [-0.4, -0.2) is 44.9 Å². The van der Waals surface area contributed by atoms with Crippen molar-refractivity contribution in [1.29, 1.82) is 0 Å². The summed E-state index contributed by atoms with van der Waals surface area (Å²) in [6.07, 6.45) is 3.62. The van der Waals surface area contributed by atoms with Crippen molar-refractivity contribution in [2.75, 3.05) is 40.0 Å². The zero-order chi connectivity index (χ0) is 12.0. The molecule has 2 rings (SSSR count). The van der Waals surface area contributed by atoms with Gasteiger partial charge in [0.15, 0.2) is 0 Å². The van der Waals surface area contributed by atoms with Crippen molar-refractivity contribution in [3.8, 4) is 0 Å². The molecule has 2 nitrogen and oxygen atoms in total. The van der Waals surface area contributed by atoms with Gasteiger partial charge in [-0.1, -0.05) is 13.8 Å². The Balaban J connectivity index is 0.000000606. The van der Waals surface area contributed by atoms with E-state index in [0.717, 1.165) is 32.7 Å². The number of rotatable bonds is 5. The van der Waals surface area contributed by atoms with Crippen LogP contribution >= 0.6 is 0 Å². The van der Waals surface area contributed by atoms with E-state index in [4.69, 9.17) is 4.74 Å². The SMILES string of the molecule is CC.COCC1(CN2CCC(CF)C2)CC1. The van der Waals surface area contributed by atoms with Crippen molar-refractivity contribution >= 4 is 0 Å². The van der Waals surface area contributed by atoms with E-state index in [2.05, 4.69) is 4.90 Å². The maximum atomic E-state index is 12.4. The molecule has 96 valence electrons. The van der Waals surface area contributed by atoms with E-state index in [-0.39, 0.29) is 6.67 Å². The monoisotopic (exact) mass is 231 g/mol. The molecule has 1 aliphatic heterocycles. The molecule has 0 N–H and O–H groups in total. The summed E-state index contributed by atoms with van der Waals surface area (Å²) in [4.78, 5) is 2.41. The highest BCUT2D eigenvalue weighted by Crippen LogP contribution is 2.46. The van der Waals surface area contributed by atoms with Gasteiger partial charge in [0, 0.05) is 31.5 Å². The van der Waals surface area contributed by atoms with Gasteiger partial charge in [0.2, 0.25) is 0 Å². The highest BCUT2D eigenvalue weighted by atomic mass is 19.1. The minimum atomic E-state index is -0.145. The van der Waals surface area contributed by atoms with E-state index in [1.165, 1.54) is 12.8 Å². The molecule has 16 heavy (non-hydrogen) atoms. The van der Waals surface area contributed by atoms with Crippen molar-refractivity contribution in [2.45, 2.75) is 33.1 Å². The van der Waals surface area contributed by atoms with Gasteiger partial charge in [-0.2, -0.15) is 0 Å². The Labute approximate surface area is 99.2 Å². The zero-order valence-corrected chi connectivity index (χ0v) is 11.0. The lowest BCUT2D eigenvalue weighted by Gasteiger charge is -2.22. The molecule has 0 aromatic carbocycles. The van der Waals surface area contributed by atoms with Crippen molar-refractivity contribution in [3.63, 3.8) is 0 Å². The van der Waals surface area contributed by atoms with Crippen LogP contribution in [0, 0.1) is 11.3 Å². The summed E-state index contributed by atoms with van der Waals surface area (Å²) in [6, 6.07) is 0. The van der Waals surface area contributed by atoms with E-state index in [9.17, 15) is 4.39 Å². The average Bonchev–Trinajstić information content (AvgIpc) is 2.91. The number of alkyl halides is 1. The lowest BCUT2D eigenvalue weighted by molar-refractivity contribution is 0.114. The van der Waals surface area contributed by atoms with Gasteiger partial charge in [0.05, 0.1) is 13.3 Å². The Morgan fingerprint density at radius 2 is 2.06 bits per heavy atom. The first kappa shape index (κ1) is 13.9. The molecule has 1 saturated heterocycles. The molecule has 2 aliphatic rings. The van der Waals surface area contributed by atoms with Crippen LogP contribution < -0.4 is 0 Å². The van der Waals surface area contributed by atoms with Crippen molar-refractivity contribution < 1.29 is 9.13 Å². The first-order chi connectivity index (χ1) is 7.78.